The molecule has 0 radical (unpaired) electrons. The fourth-order valence-electron chi connectivity index (χ4n) is 3.37. The summed E-state index contributed by atoms with van der Waals surface area (Å²) in [7, 11) is 2.07. The number of hydrogen-bond acceptors (Lipinski definition) is 2. The van der Waals surface area contributed by atoms with E-state index in [0.29, 0.717) is 6.04 Å². The van der Waals surface area contributed by atoms with Crippen molar-refractivity contribution in [1.29, 1.82) is 0 Å². The SMILES string of the molecule is CCCN1CCC(CNC)C1c1ccc(CC)cc1. The number of benzene rings is 1. The molecule has 2 rings (SSSR count). The molecule has 1 saturated heterocycles. The van der Waals surface area contributed by atoms with E-state index in [0.717, 1.165) is 18.9 Å². The number of nitrogens with one attached hydrogen (secondary N) is 1. The van der Waals surface area contributed by atoms with Crippen LogP contribution in [0.2, 0.25) is 0 Å². The van der Waals surface area contributed by atoms with Crippen LogP contribution >= 0.6 is 0 Å². The Morgan fingerprint density at radius 1 is 1.21 bits per heavy atom. The van der Waals surface area contributed by atoms with Crippen molar-refractivity contribution < 1.29 is 0 Å². The third kappa shape index (κ3) is 3.37. The zero-order valence-corrected chi connectivity index (χ0v) is 12.7. The second-order valence-corrected chi connectivity index (χ2v) is 5.68. The lowest BCUT2D eigenvalue weighted by atomic mass is 9.92. The van der Waals surface area contributed by atoms with Crippen LogP contribution in [0.3, 0.4) is 0 Å². The van der Waals surface area contributed by atoms with Gasteiger partial charge in [-0.2, -0.15) is 0 Å². The van der Waals surface area contributed by atoms with Gasteiger partial charge in [-0.15, -0.1) is 0 Å². The van der Waals surface area contributed by atoms with Gasteiger partial charge in [0, 0.05) is 6.04 Å². The van der Waals surface area contributed by atoms with Gasteiger partial charge in [0.2, 0.25) is 0 Å². The second kappa shape index (κ2) is 7.06. The molecule has 1 fully saturated rings. The third-order valence-corrected chi connectivity index (χ3v) is 4.33. The summed E-state index contributed by atoms with van der Waals surface area (Å²) in [5.41, 5.74) is 2.94. The normalized spacial score (nSPS) is 23.9. The minimum atomic E-state index is 0.610. The largest absolute Gasteiger partial charge is 0.319 e. The van der Waals surface area contributed by atoms with E-state index in [-0.39, 0.29) is 0 Å². The Labute approximate surface area is 118 Å². The highest BCUT2D eigenvalue weighted by Gasteiger charge is 2.33. The van der Waals surface area contributed by atoms with Crippen molar-refractivity contribution in [2.75, 3.05) is 26.7 Å². The van der Waals surface area contributed by atoms with E-state index in [1.54, 1.807) is 0 Å². The molecular formula is C17H28N2. The van der Waals surface area contributed by atoms with E-state index >= 15 is 0 Å². The lowest BCUT2D eigenvalue weighted by Crippen LogP contribution is -2.29. The van der Waals surface area contributed by atoms with E-state index in [1.165, 1.54) is 37.1 Å². The summed E-state index contributed by atoms with van der Waals surface area (Å²) < 4.78 is 0. The molecule has 0 aromatic heterocycles. The predicted octanol–water partition coefficient (Wildman–Crippen LogP) is 3.24. The zero-order chi connectivity index (χ0) is 13.7. The van der Waals surface area contributed by atoms with Crippen molar-refractivity contribution in [2.24, 2.45) is 5.92 Å². The molecule has 0 aliphatic carbocycles. The Balaban J connectivity index is 2.18. The lowest BCUT2D eigenvalue weighted by Gasteiger charge is -2.28. The van der Waals surface area contributed by atoms with Gasteiger partial charge in [0.25, 0.3) is 0 Å². The molecule has 1 aliphatic rings. The summed E-state index contributed by atoms with van der Waals surface area (Å²) in [5.74, 6) is 0.754. The highest BCUT2D eigenvalue weighted by Crippen LogP contribution is 2.37. The van der Waals surface area contributed by atoms with Crippen LogP contribution in [0.5, 0.6) is 0 Å². The fraction of sp³-hybridized carbons (Fsp3) is 0.647. The van der Waals surface area contributed by atoms with Crippen molar-refractivity contribution >= 4 is 0 Å². The van der Waals surface area contributed by atoms with E-state index in [4.69, 9.17) is 0 Å². The maximum atomic E-state index is 3.37. The molecule has 2 unspecified atom stereocenters. The summed E-state index contributed by atoms with van der Waals surface area (Å²) in [4.78, 5) is 2.67. The predicted molar refractivity (Wildman–Crippen MR) is 82.5 cm³/mol. The Kier molecular flexibility index (Phi) is 5.41. The number of hydrogen-bond donors (Lipinski definition) is 1. The van der Waals surface area contributed by atoms with Crippen LogP contribution in [0, 0.1) is 5.92 Å². The molecule has 1 aromatic rings. The molecule has 1 aliphatic heterocycles. The first-order valence-corrected chi connectivity index (χ1v) is 7.77. The molecule has 1 aromatic carbocycles. The van der Waals surface area contributed by atoms with Crippen molar-refractivity contribution in [3.05, 3.63) is 35.4 Å². The minimum absolute atomic E-state index is 0.610. The molecule has 19 heavy (non-hydrogen) atoms. The monoisotopic (exact) mass is 260 g/mol. The highest BCUT2D eigenvalue weighted by molar-refractivity contribution is 5.26. The summed E-state index contributed by atoms with van der Waals surface area (Å²) in [6.45, 7) is 8.10. The molecule has 2 atom stereocenters. The standard InChI is InChI=1S/C17H28N2/c1-4-11-19-12-10-16(13-18-3)17(19)15-8-6-14(5-2)7-9-15/h6-9,16-18H,4-5,10-13H2,1-3H3. The quantitative estimate of drug-likeness (QED) is 0.844. The molecule has 0 amide bonds. The first kappa shape index (κ1) is 14.5. The number of likely N-dealkylation sites (tertiary alicyclic amines) is 1. The van der Waals surface area contributed by atoms with Crippen LogP contribution in [-0.4, -0.2) is 31.6 Å². The van der Waals surface area contributed by atoms with Gasteiger partial charge >= 0.3 is 0 Å². The molecule has 0 spiro atoms. The number of aryl methyl sites for hydroxylation is 1. The van der Waals surface area contributed by atoms with E-state index in [2.05, 4.69) is 55.4 Å². The highest BCUT2D eigenvalue weighted by atomic mass is 15.2. The summed E-state index contributed by atoms with van der Waals surface area (Å²) in [5, 5.41) is 3.37. The smallest absolute Gasteiger partial charge is 0.0388 e. The summed E-state index contributed by atoms with van der Waals surface area (Å²) in [6.07, 6.45) is 3.69. The van der Waals surface area contributed by atoms with Gasteiger partial charge in [-0.25, -0.2) is 0 Å². The van der Waals surface area contributed by atoms with Gasteiger partial charge in [-0.3, -0.25) is 4.90 Å². The van der Waals surface area contributed by atoms with Crippen LogP contribution in [0.25, 0.3) is 0 Å². The number of rotatable bonds is 6. The Morgan fingerprint density at radius 3 is 2.53 bits per heavy atom. The van der Waals surface area contributed by atoms with Crippen LogP contribution in [0.4, 0.5) is 0 Å². The Morgan fingerprint density at radius 2 is 1.95 bits per heavy atom. The Hall–Kier alpha value is -0.860. The van der Waals surface area contributed by atoms with Gasteiger partial charge in [0.1, 0.15) is 0 Å². The van der Waals surface area contributed by atoms with Crippen LogP contribution in [-0.2, 0) is 6.42 Å². The Bertz CT molecular complexity index is 357. The van der Waals surface area contributed by atoms with Crippen molar-refractivity contribution in [3.63, 3.8) is 0 Å². The molecule has 1 heterocycles. The first-order valence-electron chi connectivity index (χ1n) is 7.77. The number of nitrogens with zero attached hydrogens (tertiary/aromatic N) is 1. The van der Waals surface area contributed by atoms with Crippen LogP contribution < -0.4 is 5.32 Å². The second-order valence-electron chi connectivity index (χ2n) is 5.68. The fourth-order valence-corrected chi connectivity index (χ4v) is 3.37. The van der Waals surface area contributed by atoms with Crippen LogP contribution in [0.1, 0.15) is 43.9 Å². The molecule has 2 heteroatoms. The molecule has 1 N–H and O–H groups in total. The van der Waals surface area contributed by atoms with Gasteiger partial charge in [0.05, 0.1) is 0 Å². The van der Waals surface area contributed by atoms with E-state index in [9.17, 15) is 0 Å². The van der Waals surface area contributed by atoms with Gasteiger partial charge in [-0.1, -0.05) is 38.1 Å². The molecule has 0 bridgehead atoms. The van der Waals surface area contributed by atoms with E-state index in [1.807, 2.05) is 0 Å². The average molecular weight is 260 g/mol. The zero-order valence-electron chi connectivity index (χ0n) is 12.7. The summed E-state index contributed by atoms with van der Waals surface area (Å²) >= 11 is 0. The van der Waals surface area contributed by atoms with Crippen molar-refractivity contribution in [1.82, 2.24) is 10.2 Å². The summed E-state index contributed by atoms with van der Waals surface area (Å²) in [6, 6.07) is 9.90. The topological polar surface area (TPSA) is 15.3 Å². The molecule has 2 nitrogen and oxygen atoms in total. The van der Waals surface area contributed by atoms with Gasteiger partial charge in [0.15, 0.2) is 0 Å². The van der Waals surface area contributed by atoms with Gasteiger partial charge in [-0.05, 0) is 63.0 Å². The van der Waals surface area contributed by atoms with Crippen molar-refractivity contribution in [2.45, 2.75) is 39.2 Å². The third-order valence-electron chi connectivity index (χ3n) is 4.33. The van der Waals surface area contributed by atoms with E-state index < -0.39 is 0 Å². The molecular weight excluding hydrogens is 232 g/mol. The average Bonchev–Trinajstić information content (AvgIpc) is 2.83. The maximum Gasteiger partial charge on any atom is 0.0388 e. The first-order chi connectivity index (χ1) is 9.30. The van der Waals surface area contributed by atoms with Crippen LogP contribution in [0.15, 0.2) is 24.3 Å². The van der Waals surface area contributed by atoms with Gasteiger partial charge < -0.3 is 5.32 Å². The molecule has 106 valence electrons. The van der Waals surface area contributed by atoms with Crippen molar-refractivity contribution in [3.8, 4) is 0 Å². The lowest BCUT2D eigenvalue weighted by molar-refractivity contribution is 0.227. The minimum Gasteiger partial charge on any atom is -0.319 e. The maximum absolute atomic E-state index is 3.37. The molecule has 0 saturated carbocycles.